The summed E-state index contributed by atoms with van der Waals surface area (Å²) in [5.41, 5.74) is -1.39. The van der Waals surface area contributed by atoms with Crippen LogP contribution in [0, 0.1) is 23.2 Å². The van der Waals surface area contributed by atoms with Gasteiger partial charge in [-0.15, -0.1) is 0 Å². The van der Waals surface area contributed by atoms with Crippen molar-refractivity contribution in [1.82, 2.24) is 0 Å². The third-order valence-corrected chi connectivity index (χ3v) is 8.77. The summed E-state index contributed by atoms with van der Waals surface area (Å²) >= 11 is 0. The zero-order valence-electron chi connectivity index (χ0n) is 26.2. The van der Waals surface area contributed by atoms with E-state index in [1.807, 2.05) is 13.8 Å². The highest BCUT2D eigenvalue weighted by molar-refractivity contribution is 5.91. The number of esters is 3. The van der Waals surface area contributed by atoms with E-state index in [0.29, 0.717) is 16.7 Å². The first-order valence-corrected chi connectivity index (χ1v) is 15.1. The molecule has 1 fully saturated rings. The number of benzene rings is 2. The fourth-order valence-corrected chi connectivity index (χ4v) is 6.23. The minimum atomic E-state index is -1.65. The van der Waals surface area contributed by atoms with E-state index in [1.54, 1.807) is 99.7 Å². The van der Waals surface area contributed by atoms with E-state index in [2.05, 4.69) is 0 Å². The van der Waals surface area contributed by atoms with E-state index in [9.17, 15) is 24.3 Å². The number of ether oxygens (including phenoxy) is 3. The highest BCUT2D eigenvalue weighted by Crippen LogP contribution is 2.48. The Morgan fingerprint density at radius 1 is 0.864 bits per heavy atom. The van der Waals surface area contributed by atoms with Gasteiger partial charge < -0.3 is 19.3 Å². The van der Waals surface area contributed by atoms with Crippen molar-refractivity contribution in [1.29, 1.82) is 0 Å². The average Bonchev–Trinajstić information content (AvgIpc) is 3.22. The van der Waals surface area contributed by atoms with Crippen LogP contribution in [0.5, 0.6) is 0 Å². The van der Waals surface area contributed by atoms with Gasteiger partial charge in [0.2, 0.25) is 0 Å². The standard InChI is InChI=1S/C36H42O8/c1-22-17-18-35(5,6)30(38)20-29(43-33(39)26-13-9-7-10-14-26)23(2)19-28-31(44-34(40)27-15-11-8-12-16-27)24(3)21-36(28,41)32(22)42-25(4)37/h7-19,22,24,28-29,31-32,41H,20-21H2,1-6H3/t22?,24-,28?,29-,31+,32?,36-/m1/s1. The molecule has 1 N–H and O–H groups in total. The fraction of sp³-hybridized carbons (Fsp3) is 0.444. The van der Waals surface area contributed by atoms with Crippen molar-refractivity contribution in [2.24, 2.45) is 23.2 Å². The second-order valence-corrected chi connectivity index (χ2v) is 12.7. The molecule has 0 spiro atoms. The number of Topliss-reactive ketones (excluding diaryl/α,β-unsaturated/α-hetero) is 1. The molecule has 0 radical (unpaired) electrons. The van der Waals surface area contributed by atoms with Crippen molar-refractivity contribution >= 4 is 23.7 Å². The maximum Gasteiger partial charge on any atom is 0.338 e. The van der Waals surface area contributed by atoms with Gasteiger partial charge >= 0.3 is 17.9 Å². The Bertz CT molecular complexity index is 1430. The van der Waals surface area contributed by atoms with Gasteiger partial charge in [-0.25, -0.2) is 9.59 Å². The van der Waals surface area contributed by atoms with E-state index in [0.717, 1.165) is 0 Å². The van der Waals surface area contributed by atoms with E-state index in [4.69, 9.17) is 14.2 Å². The lowest BCUT2D eigenvalue weighted by molar-refractivity contribution is -0.173. The van der Waals surface area contributed by atoms with Gasteiger partial charge in [-0.1, -0.05) is 68.5 Å². The van der Waals surface area contributed by atoms with Crippen LogP contribution >= 0.6 is 0 Å². The van der Waals surface area contributed by atoms with Crippen molar-refractivity contribution in [3.05, 3.63) is 95.6 Å². The summed E-state index contributed by atoms with van der Waals surface area (Å²) in [7, 11) is 0. The van der Waals surface area contributed by atoms with E-state index in [1.165, 1.54) is 6.92 Å². The molecule has 0 amide bonds. The first-order valence-electron chi connectivity index (χ1n) is 15.1. The Hall–Kier alpha value is -4.04. The summed E-state index contributed by atoms with van der Waals surface area (Å²) in [5, 5.41) is 12.5. The molecule has 8 nitrogen and oxygen atoms in total. The summed E-state index contributed by atoms with van der Waals surface area (Å²) in [6, 6.07) is 17.1. The number of hydrogen-bond acceptors (Lipinski definition) is 8. The van der Waals surface area contributed by atoms with Gasteiger partial charge in [-0.2, -0.15) is 0 Å². The SMILES string of the molecule is CC(=O)OC1C(C)C=CC(C)(C)C(=O)C[C@@H](OC(=O)c2ccccc2)C(C)=CC2[C@@H](OC(=O)c3ccccc3)[C@H](C)C[C@]12O. The van der Waals surface area contributed by atoms with Crippen LogP contribution in [0.2, 0.25) is 0 Å². The van der Waals surface area contributed by atoms with Crippen molar-refractivity contribution in [3.63, 3.8) is 0 Å². The van der Waals surface area contributed by atoms with Gasteiger partial charge in [0.1, 0.15) is 29.7 Å². The summed E-state index contributed by atoms with van der Waals surface area (Å²) < 4.78 is 17.8. The van der Waals surface area contributed by atoms with Crippen LogP contribution in [0.3, 0.4) is 0 Å². The van der Waals surface area contributed by atoms with Crippen LogP contribution in [-0.4, -0.2) is 52.7 Å². The molecule has 3 unspecified atom stereocenters. The van der Waals surface area contributed by atoms with Gasteiger partial charge in [0.05, 0.1) is 11.1 Å². The first-order chi connectivity index (χ1) is 20.7. The highest BCUT2D eigenvalue weighted by Gasteiger charge is 2.58. The second kappa shape index (κ2) is 13.3. The van der Waals surface area contributed by atoms with Gasteiger partial charge in [-0.05, 0) is 62.9 Å². The second-order valence-electron chi connectivity index (χ2n) is 12.7. The van der Waals surface area contributed by atoms with Gasteiger partial charge in [0.25, 0.3) is 0 Å². The molecule has 2 aromatic carbocycles. The molecule has 7 atom stereocenters. The van der Waals surface area contributed by atoms with Crippen LogP contribution in [-0.2, 0) is 23.8 Å². The number of carbonyl (C=O) groups is 4. The summed E-state index contributed by atoms with van der Waals surface area (Å²) in [4.78, 5) is 52.4. The number of allylic oxidation sites excluding steroid dienone is 1. The zero-order valence-corrected chi connectivity index (χ0v) is 26.2. The quantitative estimate of drug-likeness (QED) is 0.256. The molecular formula is C36H42O8. The number of rotatable bonds is 5. The molecule has 0 aliphatic heterocycles. The van der Waals surface area contributed by atoms with Crippen LogP contribution in [0.15, 0.2) is 84.5 Å². The number of fused-ring (bicyclic) bond motifs is 1. The number of ketones is 1. The molecule has 234 valence electrons. The first kappa shape index (κ1) is 32.9. The summed E-state index contributed by atoms with van der Waals surface area (Å²) in [6.07, 6.45) is 2.52. The van der Waals surface area contributed by atoms with Crippen LogP contribution in [0.4, 0.5) is 0 Å². The molecule has 0 heterocycles. The Balaban J connectivity index is 1.83. The Labute approximate surface area is 259 Å². The summed E-state index contributed by atoms with van der Waals surface area (Å²) in [5.74, 6) is -3.55. The van der Waals surface area contributed by atoms with E-state index < -0.39 is 59.1 Å². The minimum absolute atomic E-state index is 0.102. The van der Waals surface area contributed by atoms with Crippen molar-refractivity contribution < 1.29 is 38.5 Å². The largest absolute Gasteiger partial charge is 0.459 e. The Morgan fingerprint density at radius 3 is 1.95 bits per heavy atom. The molecule has 2 aliphatic carbocycles. The third-order valence-electron chi connectivity index (χ3n) is 8.77. The maximum atomic E-state index is 13.6. The molecular weight excluding hydrogens is 560 g/mol. The lowest BCUT2D eigenvalue weighted by atomic mass is 9.75. The zero-order chi connectivity index (χ0) is 32.2. The van der Waals surface area contributed by atoms with Crippen LogP contribution in [0.25, 0.3) is 0 Å². The number of carbonyl (C=O) groups excluding carboxylic acids is 4. The maximum absolute atomic E-state index is 13.6. The normalized spacial score (nSPS) is 30.2. The molecule has 1 saturated carbocycles. The molecule has 2 aromatic rings. The predicted octanol–water partition coefficient (Wildman–Crippen LogP) is 5.89. The van der Waals surface area contributed by atoms with E-state index >= 15 is 0 Å². The molecule has 0 aromatic heterocycles. The smallest absolute Gasteiger partial charge is 0.338 e. The van der Waals surface area contributed by atoms with Gasteiger partial charge in [-0.3, -0.25) is 9.59 Å². The highest BCUT2D eigenvalue weighted by atomic mass is 16.6. The van der Waals surface area contributed by atoms with Crippen molar-refractivity contribution in [2.75, 3.05) is 0 Å². The fourth-order valence-electron chi connectivity index (χ4n) is 6.23. The lowest BCUT2D eigenvalue weighted by Crippen LogP contribution is -2.52. The van der Waals surface area contributed by atoms with Gasteiger partial charge in [0, 0.05) is 30.6 Å². The van der Waals surface area contributed by atoms with Crippen LogP contribution < -0.4 is 0 Å². The monoisotopic (exact) mass is 602 g/mol. The molecule has 44 heavy (non-hydrogen) atoms. The average molecular weight is 603 g/mol. The molecule has 4 rings (SSSR count). The number of hydrogen-bond donors (Lipinski definition) is 1. The lowest BCUT2D eigenvalue weighted by Gasteiger charge is -2.40. The summed E-state index contributed by atoms with van der Waals surface area (Å²) in [6.45, 7) is 10.3. The van der Waals surface area contributed by atoms with Crippen molar-refractivity contribution in [3.8, 4) is 0 Å². The number of aliphatic hydroxyl groups is 1. The molecule has 0 bridgehead atoms. The third kappa shape index (κ3) is 7.18. The van der Waals surface area contributed by atoms with E-state index in [-0.39, 0.29) is 24.5 Å². The Kier molecular flexibility index (Phi) is 9.94. The predicted molar refractivity (Wildman–Crippen MR) is 165 cm³/mol. The Morgan fingerprint density at radius 2 is 1.41 bits per heavy atom. The topological polar surface area (TPSA) is 116 Å². The molecule has 2 aliphatic rings. The molecule has 0 saturated heterocycles. The molecule has 8 heteroatoms. The minimum Gasteiger partial charge on any atom is -0.459 e. The van der Waals surface area contributed by atoms with Gasteiger partial charge in [0.15, 0.2) is 0 Å². The van der Waals surface area contributed by atoms with Crippen molar-refractivity contribution in [2.45, 2.75) is 78.3 Å². The van der Waals surface area contributed by atoms with Crippen LogP contribution in [0.1, 0.15) is 75.1 Å².